The van der Waals surface area contributed by atoms with Gasteiger partial charge in [0.2, 0.25) is 11.8 Å². The molecule has 6 rings (SSSR count). The van der Waals surface area contributed by atoms with Gasteiger partial charge in [-0.2, -0.15) is 0 Å². The van der Waals surface area contributed by atoms with E-state index in [0.29, 0.717) is 50.5 Å². The molecule has 1 aliphatic heterocycles. The number of esters is 1. The predicted octanol–water partition coefficient (Wildman–Crippen LogP) is 6.64. The number of fused-ring (bicyclic) bond motifs is 5. The van der Waals surface area contributed by atoms with E-state index in [1.165, 1.54) is 0 Å². The molecule has 3 atom stereocenters. The first-order chi connectivity index (χ1) is 28.4. The zero-order valence-corrected chi connectivity index (χ0v) is 33.6. The highest BCUT2D eigenvalue weighted by molar-refractivity contribution is 5.92. The number of hydrogen-bond donors (Lipinski definition) is 3. The van der Waals surface area contributed by atoms with Crippen LogP contribution >= 0.6 is 0 Å². The Morgan fingerprint density at radius 2 is 1.22 bits per heavy atom. The number of nitrogens with one attached hydrogen (secondary N) is 3. The van der Waals surface area contributed by atoms with Gasteiger partial charge in [0.05, 0.1) is 6.04 Å². The summed E-state index contributed by atoms with van der Waals surface area (Å²) in [6.45, 7) is 3.42. The Morgan fingerprint density at radius 1 is 0.707 bits per heavy atom. The fourth-order valence-electron chi connectivity index (χ4n) is 7.23. The molecule has 1 heterocycles. The standard InChI is InChI=1S/C48H54N4O6/c1-4-52-43(48(55)58-33-36-19-12-7-13-20-36)30-40-28-38(23-25-45(40)57-32-35-17-10-6-11-18-35)37-22-24-44(56-31-34-15-8-5-9-16-34)39(27-37)29-42(50-3)46(53)51-41(47(52)54)21-14-26-49-2/h5-13,15-20,22-25,27-28,41-43,49-50H,4,14,21,26,29-33H2,1-3H3,(H,51,53)/t41-,42-,43-/m0/s1. The number of ether oxygens (including phenoxy) is 3. The summed E-state index contributed by atoms with van der Waals surface area (Å²) >= 11 is 0. The highest BCUT2D eigenvalue weighted by Crippen LogP contribution is 2.33. The summed E-state index contributed by atoms with van der Waals surface area (Å²) in [6, 6.07) is 38.7. The summed E-state index contributed by atoms with van der Waals surface area (Å²) in [5.74, 6) is 0.0366. The second kappa shape index (κ2) is 21.0. The van der Waals surface area contributed by atoms with Crippen molar-refractivity contribution in [1.29, 1.82) is 0 Å². The summed E-state index contributed by atoms with van der Waals surface area (Å²) in [5, 5.41) is 9.41. The van der Waals surface area contributed by atoms with Gasteiger partial charge in [0.25, 0.3) is 0 Å². The minimum absolute atomic E-state index is 0.0486. The van der Waals surface area contributed by atoms with Crippen LogP contribution in [0.25, 0.3) is 11.1 Å². The maximum atomic E-state index is 14.8. The third-order valence-electron chi connectivity index (χ3n) is 10.5. The topological polar surface area (TPSA) is 118 Å². The van der Waals surface area contributed by atoms with Crippen molar-refractivity contribution in [2.45, 2.75) is 70.6 Å². The summed E-state index contributed by atoms with van der Waals surface area (Å²) < 4.78 is 18.8. The molecule has 0 aromatic heterocycles. The SMILES string of the molecule is CCN1C(=O)[C@H](CCCNC)NC(=O)[C@@H](NC)Cc2cc(ccc2OCc2ccccc2)-c2ccc(OCc3ccccc3)c(c2)C[C@H]1C(=O)OCc1ccccc1. The van der Waals surface area contributed by atoms with E-state index in [0.717, 1.165) is 38.9 Å². The normalized spacial score (nSPS) is 17.1. The molecule has 10 heteroatoms. The second-order valence-corrected chi connectivity index (χ2v) is 14.5. The van der Waals surface area contributed by atoms with E-state index in [2.05, 4.69) is 22.0 Å². The van der Waals surface area contributed by atoms with Gasteiger partial charge in [0.1, 0.15) is 43.4 Å². The van der Waals surface area contributed by atoms with Crippen LogP contribution in [0.2, 0.25) is 0 Å². The Hall–Kier alpha value is -5.97. The van der Waals surface area contributed by atoms with E-state index in [-0.39, 0.29) is 31.4 Å². The molecule has 5 aromatic carbocycles. The van der Waals surface area contributed by atoms with Crippen LogP contribution in [0.4, 0.5) is 0 Å². The van der Waals surface area contributed by atoms with Gasteiger partial charge in [-0.3, -0.25) is 9.59 Å². The molecule has 0 saturated carbocycles. The molecule has 0 fully saturated rings. The minimum atomic E-state index is -1.02. The molecule has 0 aliphatic carbocycles. The number of benzene rings is 5. The van der Waals surface area contributed by atoms with Crippen molar-refractivity contribution >= 4 is 17.8 Å². The van der Waals surface area contributed by atoms with Gasteiger partial charge in [0.15, 0.2) is 0 Å². The van der Waals surface area contributed by atoms with E-state index < -0.39 is 24.1 Å². The molecule has 0 radical (unpaired) electrons. The maximum Gasteiger partial charge on any atom is 0.329 e. The first kappa shape index (κ1) is 41.7. The van der Waals surface area contributed by atoms with Crippen LogP contribution in [0.15, 0.2) is 127 Å². The molecule has 4 bridgehead atoms. The Labute approximate surface area is 341 Å². The van der Waals surface area contributed by atoms with Crippen molar-refractivity contribution in [2.75, 3.05) is 27.2 Å². The molecule has 10 nitrogen and oxygen atoms in total. The average Bonchev–Trinajstić information content (AvgIpc) is 3.26. The van der Waals surface area contributed by atoms with Gasteiger partial charge < -0.3 is 35.1 Å². The first-order valence-corrected chi connectivity index (χ1v) is 20.1. The largest absolute Gasteiger partial charge is 0.489 e. The molecule has 2 amide bonds. The van der Waals surface area contributed by atoms with E-state index >= 15 is 0 Å². The van der Waals surface area contributed by atoms with Crippen molar-refractivity contribution in [2.24, 2.45) is 0 Å². The lowest BCUT2D eigenvalue weighted by atomic mass is 9.95. The Morgan fingerprint density at radius 3 is 1.72 bits per heavy atom. The van der Waals surface area contributed by atoms with Crippen LogP contribution in [0.5, 0.6) is 11.5 Å². The summed E-state index contributed by atoms with van der Waals surface area (Å²) in [6.07, 6.45) is 1.41. The van der Waals surface area contributed by atoms with E-state index in [4.69, 9.17) is 14.2 Å². The Kier molecular flexibility index (Phi) is 15.1. The molecule has 0 saturated heterocycles. The van der Waals surface area contributed by atoms with Crippen LogP contribution in [0.1, 0.15) is 47.6 Å². The second-order valence-electron chi connectivity index (χ2n) is 14.5. The van der Waals surface area contributed by atoms with Crippen LogP contribution in [-0.4, -0.2) is 68.0 Å². The van der Waals surface area contributed by atoms with Gasteiger partial charge in [0, 0.05) is 19.4 Å². The lowest BCUT2D eigenvalue weighted by molar-refractivity contribution is -0.157. The number of rotatable bonds is 15. The number of hydrogen-bond acceptors (Lipinski definition) is 8. The van der Waals surface area contributed by atoms with E-state index in [9.17, 15) is 14.4 Å². The fourth-order valence-corrected chi connectivity index (χ4v) is 7.23. The molecule has 5 aromatic rings. The lowest BCUT2D eigenvalue weighted by Gasteiger charge is -2.33. The summed E-state index contributed by atoms with van der Waals surface area (Å²) in [4.78, 5) is 44.9. The number of likely N-dealkylation sites (N-methyl/N-ethyl adjacent to an activating group) is 2. The van der Waals surface area contributed by atoms with Crippen molar-refractivity contribution in [3.8, 4) is 22.6 Å². The monoisotopic (exact) mass is 782 g/mol. The van der Waals surface area contributed by atoms with Crippen LogP contribution in [0, 0.1) is 0 Å². The van der Waals surface area contributed by atoms with Gasteiger partial charge in [-0.1, -0.05) is 103 Å². The van der Waals surface area contributed by atoms with E-state index in [1.807, 2.05) is 135 Å². The summed E-state index contributed by atoms with van der Waals surface area (Å²) in [5.41, 5.74) is 6.21. The van der Waals surface area contributed by atoms with Gasteiger partial charge in [-0.15, -0.1) is 0 Å². The smallest absolute Gasteiger partial charge is 0.329 e. The van der Waals surface area contributed by atoms with Crippen molar-refractivity contribution in [1.82, 2.24) is 20.9 Å². The molecule has 0 unspecified atom stereocenters. The van der Waals surface area contributed by atoms with Crippen molar-refractivity contribution in [3.63, 3.8) is 0 Å². The predicted molar refractivity (Wildman–Crippen MR) is 226 cm³/mol. The third-order valence-corrected chi connectivity index (χ3v) is 10.5. The highest BCUT2D eigenvalue weighted by atomic mass is 16.5. The minimum Gasteiger partial charge on any atom is -0.489 e. The molecule has 58 heavy (non-hydrogen) atoms. The molecule has 3 N–H and O–H groups in total. The Balaban J connectivity index is 1.45. The fraction of sp³-hybridized carbons (Fsp3) is 0.312. The maximum absolute atomic E-state index is 14.8. The Bertz CT molecular complexity index is 2100. The first-order valence-electron chi connectivity index (χ1n) is 20.1. The van der Waals surface area contributed by atoms with Gasteiger partial charge >= 0.3 is 5.97 Å². The number of carbonyl (C=O) groups excluding carboxylic acids is 3. The number of nitrogens with zero attached hydrogens (tertiary/aromatic N) is 1. The van der Waals surface area contributed by atoms with Crippen LogP contribution < -0.4 is 25.4 Å². The van der Waals surface area contributed by atoms with Gasteiger partial charge in [-0.25, -0.2) is 4.79 Å². The average molecular weight is 783 g/mol. The molecule has 1 aliphatic rings. The van der Waals surface area contributed by atoms with Crippen molar-refractivity contribution in [3.05, 3.63) is 155 Å². The number of carbonyl (C=O) groups is 3. The lowest BCUT2D eigenvalue weighted by Crippen LogP contribution is -2.57. The van der Waals surface area contributed by atoms with Crippen LogP contribution in [-0.2, 0) is 51.8 Å². The number of amides is 2. The van der Waals surface area contributed by atoms with Gasteiger partial charge in [-0.05, 0) is 104 Å². The van der Waals surface area contributed by atoms with Crippen molar-refractivity contribution < 1.29 is 28.6 Å². The quantitative estimate of drug-likeness (QED) is 0.0800. The zero-order chi connectivity index (χ0) is 40.7. The molecular weight excluding hydrogens is 729 g/mol. The third kappa shape index (κ3) is 11.1. The highest BCUT2D eigenvalue weighted by Gasteiger charge is 2.36. The van der Waals surface area contributed by atoms with Crippen LogP contribution in [0.3, 0.4) is 0 Å². The van der Waals surface area contributed by atoms with E-state index in [1.54, 1.807) is 11.9 Å². The molecule has 302 valence electrons. The molecular formula is C48H54N4O6. The summed E-state index contributed by atoms with van der Waals surface area (Å²) in [7, 11) is 3.59. The molecule has 0 spiro atoms. The zero-order valence-electron chi connectivity index (χ0n) is 33.6.